The lowest BCUT2D eigenvalue weighted by Crippen LogP contribution is -2.48. The Hall–Kier alpha value is -2.31. The SMILES string of the molecule is O=C(c1cc(F)ccc1Br)N1CCN(Cc2cccc3cccnc23)CC1. The molecule has 0 aliphatic carbocycles. The summed E-state index contributed by atoms with van der Waals surface area (Å²) in [5.41, 5.74) is 2.60. The predicted molar refractivity (Wildman–Crippen MR) is 107 cm³/mol. The quantitative estimate of drug-likeness (QED) is 0.631. The molecule has 6 heteroatoms. The third-order valence-electron chi connectivity index (χ3n) is 4.93. The van der Waals surface area contributed by atoms with Crippen LogP contribution in [0.3, 0.4) is 0 Å². The molecule has 2 aromatic carbocycles. The lowest BCUT2D eigenvalue weighted by molar-refractivity contribution is 0.0627. The van der Waals surface area contributed by atoms with Gasteiger partial charge in [0.05, 0.1) is 11.1 Å². The maximum atomic E-state index is 13.5. The van der Waals surface area contributed by atoms with Gasteiger partial charge in [-0.15, -0.1) is 0 Å². The number of amides is 1. The molecule has 1 fully saturated rings. The van der Waals surface area contributed by atoms with Gasteiger partial charge >= 0.3 is 0 Å². The Morgan fingerprint density at radius 3 is 2.67 bits per heavy atom. The molecule has 2 heterocycles. The van der Waals surface area contributed by atoms with Crippen LogP contribution in [0.2, 0.25) is 0 Å². The van der Waals surface area contributed by atoms with Crippen LogP contribution >= 0.6 is 15.9 Å². The number of aromatic nitrogens is 1. The van der Waals surface area contributed by atoms with Crippen LogP contribution in [0.4, 0.5) is 4.39 Å². The van der Waals surface area contributed by atoms with Gasteiger partial charge in [0.15, 0.2) is 0 Å². The van der Waals surface area contributed by atoms with Crippen molar-refractivity contribution in [3.05, 3.63) is 76.1 Å². The molecule has 0 unspecified atom stereocenters. The van der Waals surface area contributed by atoms with Gasteiger partial charge in [-0.1, -0.05) is 24.3 Å². The van der Waals surface area contributed by atoms with E-state index in [1.54, 1.807) is 11.0 Å². The predicted octanol–water partition coefficient (Wildman–Crippen LogP) is 4.09. The van der Waals surface area contributed by atoms with Crippen molar-refractivity contribution in [2.45, 2.75) is 6.54 Å². The van der Waals surface area contributed by atoms with E-state index in [4.69, 9.17) is 0 Å². The van der Waals surface area contributed by atoms with Gasteiger partial charge in [-0.05, 0) is 45.8 Å². The third kappa shape index (κ3) is 3.87. The molecule has 1 amide bonds. The fraction of sp³-hybridized carbons (Fsp3) is 0.238. The highest BCUT2D eigenvalue weighted by Crippen LogP contribution is 2.22. The van der Waals surface area contributed by atoms with Crippen molar-refractivity contribution >= 4 is 32.7 Å². The maximum Gasteiger partial charge on any atom is 0.255 e. The molecule has 1 aromatic heterocycles. The van der Waals surface area contributed by atoms with Gasteiger partial charge in [0.25, 0.3) is 5.91 Å². The van der Waals surface area contributed by atoms with Crippen LogP contribution in [0, 0.1) is 5.82 Å². The monoisotopic (exact) mass is 427 g/mol. The lowest BCUT2D eigenvalue weighted by Gasteiger charge is -2.35. The van der Waals surface area contributed by atoms with Crippen molar-refractivity contribution < 1.29 is 9.18 Å². The van der Waals surface area contributed by atoms with Gasteiger partial charge in [-0.2, -0.15) is 0 Å². The molecule has 1 saturated heterocycles. The minimum Gasteiger partial charge on any atom is -0.336 e. The first-order valence-electron chi connectivity index (χ1n) is 8.91. The van der Waals surface area contributed by atoms with Gasteiger partial charge in [0.1, 0.15) is 5.82 Å². The van der Waals surface area contributed by atoms with E-state index in [9.17, 15) is 9.18 Å². The average molecular weight is 428 g/mol. The van der Waals surface area contributed by atoms with Gasteiger partial charge in [0, 0.05) is 48.8 Å². The van der Waals surface area contributed by atoms with E-state index >= 15 is 0 Å². The summed E-state index contributed by atoms with van der Waals surface area (Å²) in [5.74, 6) is -0.531. The normalized spacial score (nSPS) is 15.3. The van der Waals surface area contributed by atoms with Crippen LogP contribution in [0.15, 0.2) is 59.2 Å². The van der Waals surface area contributed by atoms with Crippen LogP contribution < -0.4 is 0 Å². The Kier molecular flexibility index (Phi) is 5.18. The lowest BCUT2D eigenvalue weighted by atomic mass is 10.1. The summed E-state index contributed by atoms with van der Waals surface area (Å²) in [5, 5.41) is 1.14. The molecule has 4 rings (SSSR count). The number of fused-ring (bicyclic) bond motifs is 1. The van der Waals surface area contributed by atoms with E-state index in [1.807, 2.05) is 12.3 Å². The van der Waals surface area contributed by atoms with E-state index in [-0.39, 0.29) is 5.91 Å². The zero-order valence-corrected chi connectivity index (χ0v) is 16.3. The van der Waals surface area contributed by atoms with Gasteiger partial charge in [-0.3, -0.25) is 14.7 Å². The van der Waals surface area contributed by atoms with E-state index in [0.29, 0.717) is 23.1 Å². The fourth-order valence-electron chi connectivity index (χ4n) is 3.48. The Bertz CT molecular complexity index is 981. The summed E-state index contributed by atoms with van der Waals surface area (Å²) in [6.07, 6.45) is 1.82. The minimum atomic E-state index is -0.399. The van der Waals surface area contributed by atoms with Crippen molar-refractivity contribution in [1.82, 2.24) is 14.8 Å². The third-order valence-corrected chi connectivity index (χ3v) is 5.62. The number of piperazine rings is 1. The largest absolute Gasteiger partial charge is 0.336 e. The summed E-state index contributed by atoms with van der Waals surface area (Å²) >= 11 is 3.35. The van der Waals surface area contributed by atoms with Crippen LogP contribution in [0.1, 0.15) is 15.9 Å². The number of rotatable bonds is 3. The first-order valence-corrected chi connectivity index (χ1v) is 9.70. The second-order valence-corrected chi connectivity index (χ2v) is 7.54. The number of para-hydroxylation sites is 1. The summed E-state index contributed by atoms with van der Waals surface area (Å²) in [4.78, 5) is 21.3. The average Bonchev–Trinajstić information content (AvgIpc) is 2.70. The van der Waals surface area contributed by atoms with Crippen molar-refractivity contribution in [1.29, 1.82) is 0 Å². The number of benzene rings is 2. The zero-order valence-electron chi connectivity index (χ0n) is 14.7. The molecular formula is C21H19BrFN3O. The minimum absolute atomic E-state index is 0.132. The number of nitrogens with zero attached hydrogens (tertiary/aromatic N) is 3. The van der Waals surface area contributed by atoms with E-state index in [0.717, 1.165) is 30.5 Å². The van der Waals surface area contributed by atoms with Crippen molar-refractivity contribution in [3.8, 4) is 0 Å². The number of carbonyl (C=O) groups is 1. The van der Waals surface area contributed by atoms with Crippen LogP contribution in [0.5, 0.6) is 0 Å². The molecule has 0 atom stereocenters. The topological polar surface area (TPSA) is 36.4 Å². The second kappa shape index (κ2) is 7.74. The van der Waals surface area contributed by atoms with Gasteiger partial charge < -0.3 is 4.90 Å². The van der Waals surface area contributed by atoms with Gasteiger partial charge in [-0.25, -0.2) is 4.39 Å². The molecule has 0 saturated carbocycles. The highest BCUT2D eigenvalue weighted by molar-refractivity contribution is 9.10. The number of hydrogen-bond donors (Lipinski definition) is 0. The highest BCUT2D eigenvalue weighted by Gasteiger charge is 2.24. The summed E-state index contributed by atoms with van der Waals surface area (Å²) in [6, 6.07) is 14.5. The van der Waals surface area contributed by atoms with Crippen molar-refractivity contribution in [3.63, 3.8) is 0 Å². The second-order valence-electron chi connectivity index (χ2n) is 6.68. The Morgan fingerprint density at radius 2 is 1.85 bits per heavy atom. The number of pyridine rings is 1. The number of carbonyl (C=O) groups excluding carboxylic acids is 1. The summed E-state index contributed by atoms with van der Waals surface area (Å²) < 4.78 is 14.1. The Morgan fingerprint density at radius 1 is 1.07 bits per heavy atom. The van der Waals surface area contributed by atoms with Crippen LogP contribution in [0.25, 0.3) is 10.9 Å². The molecule has 4 nitrogen and oxygen atoms in total. The molecule has 0 bridgehead atoms. The molecule has 3 aromatic rings. The van der Waals surface area contributed by atoms with E-state index in [1.165, 1.54) is 17.7 Å². The van der Waals surface area contributed by atoms with Crippen LogP contribution in [-0.2, 0) is 6.54 Å². The molecule has 1 aliphatic heterocycles. The fourth-order valence-corrected chi connectivity index (χ4v) is 3.89. The molecule has 138 valence electrons. The van der Waals surface area contributed by atoms with E-state index in [2.05, 4.69) is 50.1 Å². The van der Waals surface area contributed by atoms with Crippen molar-refractivity contribution in [2.75, 3.05) is 26.2 Å². The Labute approximate surface area is 165 Å². The molecule has 0 radical (unpaired) electrons. The Balaban J connectivity index is 1.43. The maximum absolute atomic E-state index is 13.5. The van der Waals surface area contributed by atoms with E-state index < -0.39 is 5.82 Å². The highest BCUT2D eigenvalue weighted by atomic mass is 79.9. The van der Waals surface area contributed by atoms with Gasteiger partial charge in [0.2, 0.25) is 0 Å². The van der Waals surface area contributed by atoms with Crippen LogP contribution in [-0.4, -0.2) is 46.9 Å². The summed E-state index contributed by atoms with van der Waals surface area (Å²) in [7, 11) is 0. The molecule has 0 N–H and O–H groups in total. The summed E-state index contributed by atoms with van der Waals surface area (Å²) in [6.45, 7) is 3.61. The molecule has 0 spiro atoms. The zero-order chi connectivity index (χ0) is 18.8. The van der Waals surface area contributed by atoms with Crippen molar-refractivity contribution in [2.24, 2.45) is 0 Å². The molecular weight excluding hydrogens is 409 g/mol. The first kappa shape index (κ1) is 18.1. The number of halogens is 2. The first-order chi connectivity index (χ1) is 13.1. The smallest absolute Gasteiger partial charge is 0.255 e. The molecule has 1 aliphatic rings. The number of hydrogen-bond acceptors (Lipinski definition) is 3. The molecule has 27 heavy (non-hydrogen) atoms. The standard InChI is InChI=1S/C21H19BrFN3O/c22-19-7-6-17(23)13-18(19)21(27)26-11-9-25(10-12-26)14-16-4-1-3-15-5-2-8-24-20(15)16/h1-8,13H,9-12,14H2.